The van der Waals surface area contributed by atoms with Gasteiger partial charge in [-0.15, -0.1) is 0 Å². The molecular weight excluding hydrogens is 378 g/mol. The van der Waals surface area contributed by atoms with Crippen LogP contribution < -0.4 is 15.4 Å². The number of nitrogens with two attached hydrogens (primary N) is 1. The molecular formula is C20H22BrN3O. The van der Waals surface area contributed by atoms with Crippen LogP contribution in [0.3, 0.4) is 0 Å². The summed E-state index contributed by atoms with van der Waals surface area (Å²) < 4.78 is 6.54. The number of aromatic nitrogens is 1. The van der Waals surface area contributed by atoms with Crippen molar-refractivity contribution in [2.45, 2.75) is 19.4 Å². The number of ether oxygens (including phenoxy) is 1. The summed E-state index contributed by atoms with van der Waals surface area (Å²) in [5.74, 6) is 0.882. The number of aromatic amines is 1. The number of H-pyrrole nitrogens is 1. The van der Waals surface area contributed by atoms with E-state index in [0.29, 0.717) is 6.54 Å². The Morgan fingerprint density at radius 2 is 2.12 bits per heavy atom. The Labute approximate surface area is 156 Å². The highest BCUT2D eigenvalue weighted by molar-refractivity contribution is 9.10. The third-order valence-corrected chi connectivity index (χ3v) is 5.47. The number of halogens is 1. The van der Waals surface area contributed by atoms with E-state index in [1.807, 2.05) is 6.07 Å². The van der Waals surface area contributed by atoms with Crippen molar-refractivity contribution in [3.8, 4) is 5.75 Å². The van der Waals surface area contributed by atoms with Crippen LogP contribution in [0.1, 0.15) is 16.8 Å². The summed E-state index contributed by atoms with van der Waals surface area (Å²) in [6.07, 6.45) is 1.96. The zero-order valence-electron chi connectivity index (χ0n) is 14.3. The van der Waals surface area contributed by atoms with Crippen molar-refractivity contribution in [1.29, 1.82) is 0 Å². The molecule has 0 aliphatic carbocycles. The maximum atomic E-state index is 5.89. The highest BCUT2D eigenvalue weighted by Crippen LogP contribution is 2.33. The predicted molar refractivity (Wildman–Crippen MR) is 107 cm³/mol. The molecule has 3 N–H and O–H groups in total. The number of nitrogens with one attached hydrogen (secondary N) is 1. The maximum absolute atomic E-state index is 5.89. The Bertz CT molecular complexity index is 919. The molecule has 0 atom stereocenters. The van der Waals surface area contributed by atoms with Gasteiger partial charge in [-0.1, -0.05) is 15.9 Å². The molecule has 4 nitrogen and oxygen atoms in total. The second-order valence-corrected chi connectivity index (χ2v) is 7.39. The summed E-state index contributed by atoms with van der Waals surface area (Å²) in [7, 11) is 1.70. The van der Waals surface area contributed by atoms with Crippen molar-refractivity contribution in [2.24, 2.45) is 5.73 Å². The Balaban J connectivity index is 1.71. The Morgan fingerprint density at radius 1 is 1.24 bits per heavy atom. The van der Waals surface area contributed by atoms with E-state index in [4.69, 9.17) is 10.5 Å². The van der Waals surface area contributed by atoms with E-state index in [-0.39, 0.29) is 0 Å². The minimum absolute atomic E-state index is 0.640. The van der Waals surface area contributed by atoms with Crippen molar-refractivity contribution in [2.75, 3.05) is 25.1 Å². The first-order valence-electron chi connectivity index (χ1n) is 8.60. The monoisotopic (exact) mass is 399 g/mol. The number of anilines is 1. The number of rotatable bonds is 5. The van der Waals surface area contributed by atoms with Crippen LogP contribution in [0.15, 0.2) is 40.9 Å². The topological polar surface area (TPSA) is 54.3 Å². The molecule has 0 saturated heterocycles. The van der Waals surface area contributed by atoms with E-state index in [0.717, 1.165) is 41.7 Å². The Morgan fingerprint density at radius 3 is 2.92 bits per heavy atom. The number of nitrogens with zero attached hydrogens (tertiary/aromatic N) is 1. The summed E-state index contributed by atoms with van der Waals surface area (Å²) in [5.41, 5.74) is 12.3. The van der Waals surface area contributed by atoms with E-state index in [2.05, 4.69) is 56.1 Å². The van der Waals surface area contributed by atoms with Gasteiger partial charge in [0.15, 0.2) is 0 Å². The SMILES string of the molecule is COc1ccc2[nH]c(CN3CCc4cc(Br)ccc43)c(CCN)c2c1. The van der Waals surface area contributed by atoms with Gasteiger partial charge in [-0.05, 0) is 66.9 Å². The number of hydrogen-bond acceptors (Lipinski definition) is 3. The third kappa shape index (κ3) is 3.02. The zero-order chi connectivity index (χ0) is 17.4. The first-order valence-corrected chi connectivity index (χ1v) is 9.40. The summed E-state index contributed by atoms with van der Waals surface area (Å²) in [4.78, 5) is 6.06. The number of fused-ring (bicyclic) bond motifs is 2. The van der Waals surface area contributed by atoms with E-state index >= 15 is 0 Å². The molecule has 4 rings (SSSR count). The Hall–Kier alpha value is -1.98. The molecule has 0 spiro atoms. The molecule has 5 heteroatoms. The number of hydrogen-bond donors (Lipinski definition) is 2. The molecule has 0 amide bonds. The highest BCUT2D eigenvalue weighted by atomic mass is 79.9. The lowest BCUT2D eigenvalue weighted by Gasteiger charge is -2.19. The molecule has 0 unspecified atom stereocenters. The fraction of sp³-hybridized carbons (Fsp3) is 0.300. The molecule has 1 aliphatic heterocycles. The van der Waals surface area contributed by atoms with Crippen LogP contribution in [-0.2, 0) is 19.4 Å². The lowest BCUT2D eigenvalue weighted by molar-refractivity contribution is 0.415. The second kappa shape index (κ2) is 6.73. The van der Waals surface area contributed by atoms with Crippen LogP contribution in [0.2, 0.25) is 0 Å². The maximum Gasteiger partial charge on any atom is 0.119 e. The molecule has 1 aliphatic rings. The molecule has 1 aromatic heterocycles. The van der Waals surface area contributed by atoms with Crippen molar-refractivity contribution in [3.05, 3.63) is 57.7 Å². The first kappa shape index (κ1) is 16.5. The van der Waals surface area contributed by atoms with Gasteiger partial charge >= 0.3 is 0 Å². The lowest BCUT2D eigenvalue weighted by atomic mass is 10.1. The van der Waals surface area contributed by atoms with Crippen LogP contribution in [0.5, 0.6) is 5.75 Å². The van der Waals surface area contributed by atoms with Gasteiger partial charge in [-0.25, -0.2) is 0 Å². The van der Waals surface area contributed by atoms with Gasteiger partial charge in [0.25, 0.3) is 0 Å². The fourth-order valence-electron chi connectivity index (χ4n) is 3.77. The molecule has 0 fully saturated rings. The average molecular weight is 400 g/mol. The van der Waals surface area contributed by atoms with Crippen molar-refractivity contribution < 1.29 is 4.74 Å². The number of methoxy groups -OCH3 is 1. The van der Waals surface area contributed by atoms with E-state index in [1.54, 1.807) is 7.11 Å². The van der Waals surface area contributed by atoms with Gasteiger partial charge < -0.3 is 20.4 Å². The van der Waals surface area contributed by atoms with E-state index in [9.17, 15) is 0 Å². The smallest absolute Gasteiger partial charge is 0.119 e. The highest BCUT2D eigenvalue weighted by Gasteiger charge is 2.21. The molecule has 25 heavy (non-hydrogen) atoms. The molecule has 2 heterocycles. The summed E-state index contributed by atoms with van der Waals surface area (Å²) in [6, 6.07) is 12.8. The number of benzene rings is 2. The van der Waals surface area contributed by atoms with Crippen molar-refractivity contribution >= 4 is 32.5 Å². The van der Waals surface area contributed by atoms with Gasteiger partial charge in [0.05, 0.1) is 13.7 Å². The van der Waals surface area contributed by atoms with Gasteiger partial charge in [0, 0.05) is 33.3 Å². The van der Waals surface area contributed by atoms with Crippen LogP contribution in [0.4, 0.5) is 5.69 Å². The molecule has 0 radical (unpaired) electrons. The minimum atomic E-state index is 0.640. The molecule has 0 bridgehead atoms. The van der Waals surface area contributed by atoms with Crippen LogP contribution >= 0.6 is 15.9 Å². The standard InChI is InChI=1S/C20H22BrN3O/c1-25-15-3-4-18-17(11-15)16(6-8-22)19(23-18)12-24-9-7-13-10-14(21)2-5-20(13)24/h2-5,10-11,23H,6-9,12,22H2,1H3. The van der Waals surface area contributed by atoms with Crippen molar-refractivity contribution in [3.63, 3.8) is 0 Å². The molecule has 3 aromatic rings. The summed E-state index contributed by atoms with van der Waals surface area (Å²) in [5, 5.41) is 1.22. The van der Waals surface area contributed by atoms with E-state index < -0.39 is 0 Å². The molecule has 2 aromatic carbocycles. The second-order valence-electron chi connectivity index (χ2n) is 6.48. The van der Waals surface area contributed by atoms with Crippen LogP contribution in [0.25, 0.3) is 10.9 Å². The normalized spacial score (nSPS) is 13.5. The molecule has 0 saturated carbocycles. The lowest BCUT2D eigenvalue weighted by Crippen LogP contribution is -2.21. The van der Waals surface area contributed by atoms with Gasteiger partial charge in [-0.2, -0.15) is 0 Å². The third-order valence-electron chi connectivity index (χ3n) is 4.98. The van der Waals surface area contributed by atoms with Crippen LogP contribution in [-0.4, -0.2) is 25.2 Å². The largest absolute Gasteiger partial charge is 0.497 e. The molecule has 130 valence electrons. The quantitative estimate of drug-likeness (QED) is 0.681. The summed E-state index contributed by atoms with van der Waals surface area (Å²) >= 11 is 3.57. The first-order chi connectivity index (χ1) is 12.2. The van der Waals surface area contributed by atoms with Crippen molar-refractivity contribution in [1.82, 2.24) is 4.98 Å². The fourth-order valence-corrected chi connectivity index (χ4v) is 4.18. The van der Waals surface area contributed by atoms with Gasteiger partial charge in [0.1, 0.15) is 5.75 Å². The van der Waals surface area contributed by atoms with Gasteiger partial charge in [-0.3, -0.25) is 0 Å². The predicted octanol–water partition coefficient (Wildman–Crippen LogP) is 4.00. The van der Waals surface area contributed by atoms with Crippen LogP contribution in [0, 0.1) is 0 Å². The van der Waals surface area contributed by atoms with E-state index in [1.165, 1.54) is 27.9 Å². The average Bonchev–Trinajstić information content (AvgIpc) is 3.16. The van der Waals surface area contributed by atoms with Gasteiger partial charge in [0.2, 0.25) is 0 Å². The summed E-state index contributed by atoms with van der Waals surface area (Å²) in [6.45, 7) is 2.56. The minimum Gasteiger partial charge on any atom is -0.497 e. The Kier molecular flexibility index (Phi) is 4.44. The zero-order valence-corrected chi connectivity index (χ0v) is 15.9.